The molecule has 2 N–H and O–H groups in total. The third-order valence-electron chi connectivity index (χ3n) is 1.83. The molecule has 1 rings (SSSR count). The van der Waals surface area contributed by atoms with E-state index in [-0.39, 0.29) is 11.7 Å². The number of carbonyl (C=O) groups excluding carboxylic acids is 1. The van der Waals surface area contributed by atoms with Crippen LogP contribution in [0.4, 0.5) is 0 Å². The number of nitrogens with one attached hydrogen (secondary N) is 2. The number of rotatable bonds is 4. The summed E-state index contributed by atoms with van der Waals surface area (Å²) in [6, 6.07) is 0. The Balaban J connectivity index is 2.31. The van der Waals surface area contributed by atoms with Gasteiger partial charge in [0.2, 0.25) is 15.9 Å². The van der Waals surface area contributed by atoms with E-state index in [4.69, 9.17) is 0 Å². The van der Waals surface area contributed by atoms with E-state index in [9.17, 15) is 13.2 Å². The molecule has 0 spiro atoms. The molecule has 0 bridgehead atoms. The SMILES string of the molecule is CNS(=O)(=O)CCN1CCC(=O)N1. The number of hydrogen-bond acceptors (Lipinski definition) is 4. The van der Waals surface area contributed by atoms with Crippen molar-refractivity contribution in [1.29, 1.82) is 0 Å². The maximum absolute atomic E-state index is 11.0. The smallest absolute Gasteiger partial charge is 0.235 e. The Hall–Kier alpha value is -0.660. The van der Waals surface area contributed by atoms with Gasteiger partial charge < -0.3 is 0 Å². The highest BCUT2D eigenvalue weighted by atomic mass is 32.2. The maximum atomic E-state index is 11.0. The van der Waals surface area contributed by atoms with E-state index in [0.29, 0.717) is 19.5 Å². The lowest BCUT2D eigenvalue weighted by Gasteiger charge is -2.13. The van der Waals surface area contributed by atoms with Gasteiger partial charge in [0.25, 0.3) is 0 Å². The first-order chi connectivity index (χ1) is 6.03. The summed E-state index contributed by atoms with van der Waals surface area (Å²) in [5.41, 5.74) is 2.55. The van der Waals surface area contributed by atoms with E-state index in [1.807, 2.05) is 0 Å². The van der Waals surface area contributed by atoms with Crippen LogP contribution in [-0.2, 0) is 14.8 Å². The minimum atomic E-state index is -3.17. The van der Waals surface area contributed by atoms with Gasteiger partial charge in [-0.3, -0.25) is 10.2 Å². The fraction of sp³-hybridized carbons (Fsp3) is 0.833. The van der Waals surface area contributed by atoms with Gasteiger partial charge in [0.1, 0.15) is 0 Å². The Kier molecular flexibility index (Phi) is 3.23. The number of hydrogen-bond donors (Lipinski definition) is 2. The van der Waals surface area contributed by atoms with Crippen molar-refractivity contribution in [3.05, 3.63) is 0 Å². The van der Waals surface area contributed by atoms with E-state index < -0.39 is 10.0 Å². The van der Waals surface area contributed by atoms with E-state index >= 15 is 0 Å². The molecular formula is C6H13N3O3S. The van der Waals surface area contributed by atoms with Crippen molar-refractivity contribution in [2.75, 3.05) is 25.9 Å². The van der Waals surface area contributed by atoms with Crippen LogP contribution < -0.4 is 10.1 Å². The molecule has 1 saturated heterocycles. The fourth-order valence-electron chi connectivity index (χ4n) is 1.02. The molecule has 1 aliphatic rings. The third kappa shape index (κ3) is 3.29. The van der Waals surface area contributed by atoms with E-state index in [1.54, 1.807) is 5.01 Å². The summed E-state index contributed by atoms with van der Waals surface area (Å²) in [7, 11) is -1.79. The van der Waals surface area contributed by atoms with Gasteiger partial charge in [-0.05, 0) is 7.05 Å². The molecule has 1 aliphatic heterocycles. The lowest BCUT2D eigenvalue weighted by atomic mass is 10.4. The summed E-state index contributed by atoms with van der Waals surface area (Å²) in [5.74, 6) is -0.0501. The van der Waals surface area contributed by atoms with Crippen LogP contribution in [0.3, 0.4) is 0 Å². The molecule has 0 radical (unpaired) electrons. The van der Waals surface area contributed by atoms with Crippen molar-refractivity contribution in [3.63, 3.8) is 0 Å². The zero-order valence-electron chi connectivity index (χ0n) is 7.41. The summed E-state index contributed by atoms with van der Waals surface area (Å²) >= 11 is 0. The van der Waals surface area contributed by atoms with Gasteiger partial charge in [-0.15, -0.1) is 0 Å². The van der Waals surface area contributed by atoms with Gasteiger partial charge >= 0.3 is 0 Å². The molecule has 0 aromatic heterocycles. The minimum Gasteiger partial charge on any atom is -0.289 e. The average molecular weight is 207 g/mol. The van der Waals surface area contributed by atoms with E-state index in [1.165, 1.54) is 7.05 Å². The first-order valence-corrected chi connectivity index (χ1v) is 5.64. The first-order valence-electron chi connectivity index (χ1n) is 3.99. The fourth-order valence-corrected chi connectivity index (χ4v) is 1.69. The Morgan fingerprint density at radius 3 is 2.77 bits per heavy atom. The Labute approximate surface area is 77.3 Å². The zero-order valence-corrected chi connectivity index (χ0v) is 8.23. The molecule has 0 aromatic rings. The molecule has 0 unspecified atom stereocenters. The largest absolute Gasteiger partial charge is 0.289 e. The van der Waals surface area contributed by atoms with Crippen LogP contribution in [-0.4, -0.2) is 45.2 Å². The van der Waals surface area contributed by atoms with Crippen molar-refractivity contribution in [3.8, 4) is 0 Å². The standard InChI is InChI=1S/C6H13N3O3S/c1-7-13(11,12)5-4-9-3-2-6(10)8-9/h7H,2-5H2,1H3,(H,8,10). The number of amides is 1. The topological polar surface area (TPSA) is 78.5 Å². The Morgan fingerprint density at radius 1 is 1.62 bits per heavy atom. The molecule has 13 heavy (non-hydrogen) atoms. The van der Waals surface area contributed by atoms with Crippen LogP contribution in [0.5, 0.6) is 0 Å². The molecule has 1 amide bonds. The number of hydrazine groups is 1. The number of nitrogens with zero attached hydrogens (tertiary/aromatic N) is 1. The summed E-state index contributed by atoms with van der Waals surface area (Å²) in [5, 5.41) is 1.61. The van der Waals surface area contributed by atoms with Gasteiger partial charge in [0.05, 0.1) is 5.75 Å². The van der Waals surface area contributed by atoms with Crippen LogP contribution in [0, 0.1) is 0 Å². The molecule has 1 fully saturated rings. The van der Waals surface area contributed by atoms with Crippen LogP contribution in [0.15, 0.2) is 0 Å². The Morgan fingerprint density at radius 2 is 2.31 bits per heavy atom. The maximum Gasteiger partial charge on any atom is 0.235 e. The van der Waals surface area contributed by atoms with Crippen molar-refractivity contribution in [1.82, 2.24) is 15.2 Å². The molecule has 0 aliphatic carbocycles. The highest BCUT2D eigenvalue weighted by molar-refractivity contribution is 7.89. The van der Waals surface area contributed by atoms with Crippen LogP contribution in [0.2, 0.25) is 0 Å². The summed E-state index contributed by atoms with van der Waals surface area (Å²) in [6.07, 6.45) is 0.444. The van der Waals surface area contributed by atoms with Gasteiger partial charge in [-0.1, -0.05) is 0 Å². The molecule has 76 valence electrons. The van der Waals surface area contributed by atoms with Crippen LogP contribution in [0.25, 0.3) is 0 Å². The van der Waals surface area contributed by atoms with Crippen LogP contribution in [0.1, 0.15) is 6.42 Å². The second-order valence-corrected chi connectivity index (χ2v) is 4.84. The second-order valence-electron chi connectivity index (χ2n) is 2.80. The predicted molar refractivity (Wildman–Crippen MR) is 47.2 cm³/mol. The third-order valence-corrected chi connectivity index (χ3v) is 3.17. The van der Waals surface area contributed by atoms with Crippen molar-refractivity contribution >= 4 is 15.9 Å². The first kappa shape index (κ1) is 10.4. The second kappa shape index (κ2) is 4.03. The van der Waals surface area contributed by atoms with E-state index in [0.717, 1.165) is 0 Å². The summed E-state index contributed by atoms with van der Waals surface area (Å²) in [6.45, 7) is 0.910. The minimum absolute atomic E-state index is 0.00375. The molecule has 0 aromatic carbocycles. The van der Waals surface area contributed by atoms with E-state index in [2.05, 4.69) is 10.1 Å². The summed E-state index contributed by atoms with van der Waals surface area (Å²) < 4.78 is 24.2. The average Bonchev–Trinajstić information content (AvgIpc) is 2.48. The number of sulfonamides is 1. The van der Waals surface area contributed by atoms with Crippen molar-refractivity contribution < 1.29 is 13.2 Å². The van der Waals surface area contributed by atoms with Gasteiger partial charge in [0, 0.05) is 19.5 Å². The molecular weight excluding hydrogens is 194 g/mol. The zero-order chi connectivity index (χ0) is 9.90. The Bertz CT molecular complexity index is 287. The molecule has 0 saturated carbocycles. The quantitative estimate of drug-likeness (QED) is 0.574. The lowest BCUT2D eigenvalue weighted by Crippen LogP contribution is -2.38. The normalized spacial score (nSPS) is 19.0. The van der Waals surface area contributed by atoms with Crippen molar-refractivity contribution in [2.24, 2.45) is 0 Å². The van der Waals surface area contributed by atoms with Gasteiger partial charge in [-0.2, -0.15) is 0 Å². The monoisotopic (exact) mass is 207 g/mol. The predicted octanol–water partition coefficient (Wildman–Crippen LogP) is -1.73. The van der Waals surface area contributed by atoms with Gasteiger partial charge in [-0.25, -0.2) is 18.1 Å². The van der Waals surface area contributed by atoms with Gasteiger partial charge in [0.15, 0.2) is 0 Å². The number of carbonyl (C=O) groups is 1. The molecule has 1 heterocycles. The molecule has 6 nitrogen and oxygen atoms in total. The summed E-state index contributed by atoms with van der Waals surface area (Å²) in [4.78, 5) is 10.7. The van der Waals surface area contributed by atoms with Crippen LogP contribution >= 0.6 is 0 Å². The highest BCUT2D eigenvalue weighted by Gasteiger charge is 2.19. The lowest BCUT2D eigenvalue weighted by molar-refractivity contribution is -0.120. The molecule has 0 atom stereocenters. The van der Waals surface area contributed by atoms with Crippen molar-refractivity contribution in [2.45, 2.75) is 6.42 Å². The highest BCUT2D eigenvalue weighted by Crippen LogP contribution is 1.97. The molecule has 7 heteroatoms.